The van der Waals surface area contributed by atoms with Crippen LogP contribution in [0.1, 0.15) is 43.0 Å². The fourth-order valence-corrected chi connectivity index (χ4v) is 3.14. The average molecular weight is 341 g/mol. The van der Waals surface area contributed by atoms with Crippen molar-refractivity contribution in [3.63, 3.8) is 0 Å². The number of aromatic nitrogens is 1. The molecule has 2 N–H and O–H groups in total. The molecule has 20 heavy (non-hydrogen) atoms. The molecule has 0 aromatic carbocycles. The summed E-state index contributed by atoms with van der Waals surface area (Å²) in [5, 5.41) is 2.97. The van der Waals surface area contributed by atoms with Gasteiger partial charge >= 0.3 is 0 Å². The van der Waals surface area contributed by atoms with Crippen molar-refractivity contribution in [1.82, 2.24) is 10.3 Å². The van der Waals surface area contributed by atoms with E-state index in [1.165, 1.54) is 25.8 Å². The van der Waals surface area contributed by atoms with Crippen molar-refractivity contribution in [3.05, 3.63) is 28.5 Å². The number of hydrogen-bond donors (Lipinski definition) is 2. The number of carbonyl (C=O) groups excluding carboxylic acids is 1. The third-order valence-electron chi connectivity index (χ3n) is 4.01. The lowest BCUT2D eigenvalue weighted by Crippen LogP contribution is -3.16. The van der Waals surface area contributed by atoms with Crippen LogP contribution in [-0.4, -0.2) is 36.6 Å². The zero-order valence-corrected chi connectivity index (χ0v) is 13.6. The van der Waals surface area contributed by atoms with Crippen LogP contribution in [0.5, 0.6) is 0 Å². The van der Waals surface area contributed by atoms with E-state index in [1.807, 2.05) is 0 Å². The molecule has 0 spiro atoms. The van der Waals surface area contributed by atoms with Gasteiger partial charge in [0.05, 0.1) is 24.7 Å². The van der Waals surface area contributed by atoms with Crippen LogP contribution in [0.2, 0.25) is 0 Å². The van der Waals surface area contributed by atoms with Crippen molar-refractivity contribution in [2.45, 2.75) is 38.6 Å². The van der Waals surface area contributed by atoms with Gasteiger partial charge in [0.2, 0.25) is 0 Å². The van der Waals surface area contributed by atoms with E-state index in [0.717, 1.165) is 30.0 Å². The summed E-state index contributed by atoms with van der Waals surface area (Å²) in [5.41, 5.74) is 0.609. The molecule has 0 saturated carbocycles. The maximum atomic E-state index is 11.9. The van der Waals surface area contributed by atoms with Crippen molar-refractivity contribution in [1.29, 1.82) is 0 Å². The van der Waals surface area contributed by atoms with E-state index in [9.17, 15) is 4.79 Å². The molecule has 1 aromatic heterocycles. The van der Waals surface area contributed by atoms with Crippen LogP contribution in [0.3, 0.4) is 0 Å². The summed E-state index contributed by atoms with van der Waals surface area (Å²) < 4.78 is 0.830. The third-order valence-corrected chi connectivity index (χ3v) is 4.44. The molecule has 1 fully saturated rings. The van der Waals surface area contributed by atoms with E-state index in [4.69, 9.17) is 0 Å². The maximum Gasteiger partial charge on any atom is 0.252 e. The molecular weight excluding hydrogens is 318 g/mol. The molecule has 5 heteroatoms. The molecule has 1 saturated heterocycles. The van der Waals surface area contributed by atoms with E-state index < -0.39 is 0 Å². The van der Waals surface area contributed by atoms with Crippen molar-refractivity contribution in [2.75, 3.05) is 19.6 Å². The largest absolute Gasteiger partial charge is 0.352 e. The van der Waals surface area contributed by atoms with Gasteiger partial charge in [-0.2, -0.15) is 0 Å². The first-order chi connectivity index (χ1) is 9.66. The van der Waals surface area contributed by atoms with Gasteiger partial charge in [-0.1, -0.05) is 0 Å². The number of likely N-dealkylation sites (tertiary alicyclic amines) is 1. The lowest BCUT2D eigenvalue weighted by atomic mass is 10.0. The minimum Gasteiger partial charge on any atom is -0.352 e. The van der Waals surface area contributed by atoms with E-state index in [0.29, 0.717) is 5.56 Å². The molecule has 0 bridgehead atoms. The molecule has 2 rings (SSSR count). The summed E-state index contributed by atoms with van der Waals surface area (Å²) in [4.78, 5) is 17.6. The number of quaternary nitrogens is 1. The molecule has 0 radical (unpaired) electrons. The molecule has 2 heterocycles. The number of pyridine rings is 1. The summed E-state index contributed by atoms with van der Waals surface area (Å²) in [6.07, 6.45) is 8.36. The quantitative estimate of drug-likeness (QED) is 0.796. The van der Waals surface area contributed by atoms with Crippen molar-refractivity contribution < 1.29 is 9.69 Å². The minimum absolute atomic E-state index is 0.0412. The van der Waals surface area contributed by atoms with E-state index >= 15 is 0 Å². The lowest BCUT2D eigenvalue weighted by Gasteiger charge is -2.30. The highest BCUT2D eigenvalue weighted by Crippen LogP contribution is 2.09. The van der Waals surface area contributed by atoms with Crippen LogP contribution in [0.15, 0.2) is 22.9 Å². The molecule has 1 aliphatic heterocycles. The Morgan fingerprint density at radius 1 is 1.50 bits per heavy atom. The van der Waals surface area contributed by atoms with Crippen molar-refractivity contribution in [3.8, 4) is 0 Å². The summed E-state index contributed by atoms with van der Waals surface area (Å²) in [6.45, 7) is 5.50. The number of hydrogen-bond acceptors (Lipinski definition) is 2. The fraction of sp³-hybridized carbons (Fsp3) is 0.600. The van der Waals surface area contributed by atoms with Gasteiger partial charge in [0.25, 0.3) is 5.91 Å². The molecule has 4 nitrogen and oxygen atoms in total. The molecule has 1 aromatic rings. The molecule has 110 valence electrons. The van der Waals surface area contributed by atoms with Gasteiger partial charge in [-0.15, -0.1) is 0 Å². The number of piperidine rings is 1. The van der Waals surface area contributed by atoms with E-state index in [-0.39, 0.29) is 5.91 Å². The Morgan fingerprint density at radius 3 is 3.10 bits per heavy atom. The molecule has 1 unspecified atom stereocenters. The Morgan fingerprint density at radius 2 is 2.35 bits per heavy atom. The number of rotatable bonds is 5. The number of carbonyl (C=O) groups is 1. The summed E-state index contributed by atoms with van der Waals surface area (Å²) in [5.74, 6) is -0.0412. The fourth-order valence-electron chi connectivity index (χ4n) is 2.78. The monoisotopic (exact) mass is 340 g/mol. The Bertz CT molecular complexity index is 452. The predicted octanol–water partition coefficient (Wildman–Crippen LogP) is 1.42. The molecule has 1 aliphatic rings. The van der Waals surface area contributed by atoms with Crippen LogP contribution in [0.4, 0.5) is 0 Å². The van der Waals surface area contributed by atoms with Gasteiger partial charge in [-0.05, 0) is 48.2 Å². The first kappa shape index (κ1) is 15.4. The Balaban J connectivity index is 1.69. The standard InChI is InChI=1S/C15H22BrN3O/c1-12-5-2-3-7-19(12)8-4-6-18-15(20)13-9-14(16)11-17-10-13/h9-12H,2-8H2,1H3,(H,18,20)/p+1/t12-/m1/s1. The Labute approximate surface area is 129 Å². The average Bonchev–Trinajstić information content (AvgIpc) is 2.45. The highest BCUT2D eigenvalue weighted by Gasteiger charge is 2.20. The van der Waals surface area contributed by atoms with Gasteiger partial charge in [-0.25, -0.2) is 0 Å². The number of nitrogens with one attached hydrogen (secondary N) is 2. The van der Waals surface area contributed by atoms with E-state index in [2.05, 4.69) is 33.2 Å². The number of halogens is 1. The van der Waals surface area contributed by atoms with Crippen LogP contribution >= 0.6 is 15.9 Å². The number of nitrogens with zero attached hydrogens (tertiary/aromatic N) is 1. The Kier molecular flexibility index (Phi) is 5.98. The SMILES string of the molecule is C[C@@H]1CCCC[NH+]1CCCNC(=O)c1cncc(Br)c1. The highest BCUT2D eigenvalue weighted by atomic mass is 79.9. The Hall–Kier alpha value is -0.940. The zero-order chi connectivity index (χ0) is 14.4. The first-order valence-corrected chi connectivity index (χ1v) is 8.19. The van der Waals surface area contributed by atoms with Gasteiger partial charge in [0.1, 0.15) is 0 Å². The third kappa shape index (κ3) is 4.56. The topological polar surface area (TPSA) is 46.4 Å². The van der Waals surface area contributed by atoms with Crippen LogP contribution in [0, 0.1) is 0 Å². The van der Waals surface area contributed by atoms with Crippen LogP contribution in [0.25, 0.3) is 0 Å². The maximum absolute atomic E-state index is 11.9. The lowest BCUT2D eigenvalue weighted by molar-refractivity contribution is -0.928. The van der Waals surface area contributed by atoms with E-state index in [1.54, 1.807) is 23.4 Å². The molecule has 1 amide bonds. The summed E-state index contributed by atoms with van der Waals surface area (Å²) in [7, 11) is 0. The molecule has 0 aliphatic carbocycles. The smallest absolute Gasteiger partial charge is 0.252 e. The van der Waals surface area contributed by atoms with Crippen LogP contribution in [-0.2, 0) is 0 Å². The highest BCUT2D eigenvalue weighted by molar-refractivity contribution is 9.10. The second-order valence-corrected chi connectivity index (χ2v) is 6.47. The van der Waals surface area contributed by atoms with Crippen molar-refractivity contribution >= 4 is 21.8 Å². The minimum atomic E-state index is -0.0412. The second-order valence-electron chi connectivity index (χ2n) is 5.56. The second kappa shape index (κ2) is 7.74. The molecule has 2 atom stereocenters. The van der Waals surface area contributed by atoms with Gasteiger partial charge in [-0.3, -0.25) is 9.78 Å². The zero-order valence-electron chi connectivity index (χ0n) is 12.0. The van der Waals surface area contributed by atoms with Gasteiger partial charge in [0.15, 0.2) is 0 Å². The predicted molar refractivity (Wildman–Crippen MR) is 82.9 cm³/mol. The first-order valence-electron chi connectivity index (χ1n) is 7.40. The van der Waals surface area contributed by atoms with Gasteiger partial charge < -0.3 is 10.2 Å². The van der Waals surface area contributed by atoms with Gasteiger partial charge in [0, 0.05) is 29.8 Å². The summed E-state index contributed by atoms with van der Waals surface area (Å²) >= 11 is 3.33. The molecular formula is C15H23BrN3O+. The number of amides is 1. The summed E-state index contributed by atoms with van der Waals surface area (Å²) in [6, 6.07) is 2.56. The van der Waals surface area contributed by atoms with Crippen LogP contribution < -0.4 is 10.2 Å². The normalized spacial score (nSPS) is 22.5. The van der Waals surface area contributed by atoms with Crippen molar-refractivity contribution in [2.24, 2.45) is 0 Å².